The normalized spacial score (nSPS) is 11.3. The minimum atomic E-state index is -0.460. The van der Waals surface area contributed by atoms with Gasteiger partial charge in [-0.05, 0) is 58.5 Å². The van der Waals surface area contributed by atoms with Crippen molar-refractivity contribution in [1.82, 2.24) is 0 Å². The van der Waals surface area contributed by atoms with Gasteiger partial charge in [-0.2, -0.15) is 0 Å². The van der Waals surface area contributed by atoms with Crippen LogP contribution < -0.4 is 0 Å². The van der Waals surface area contributed by atoms with Crippen LogP contribution in [0.15, 0.2) is 12.1 Å². The molecule has 0 spiro atoms. The van der Waals surface area contributed by atoms with Gasteiger partial charge in [0.1, 0.15) is 0 Å². The van der Waals surface area contributed by atoms with Crippen molar-refractivity contribution in [3.8, 4) is 0 Å². The highest BCUT2D eigenvalue weighted by Gasteiger charge is 2.30. The Labute approximate surface area is 164 Å². The van der Waals surface area contributed by atoms with Crippen LogP contribution in [0.1, 0.15) is 86.6 Å². The number of hydrogen-bond acceptors (Lipinski definition) is 4. The molecule has 1 rings (SSSR count). The van der Waals surface area contributed by atoms with Crippen LogP contribution >= 0.6 is 22.6 Å². The van der Waals surface area contributed by atoms with Gasteiger partial charge < -0.3 is 9.47 Å². The second-order valence-corrected chi connectivity index (χ2v) is 8.24. The van der Waals surface area contributed by atoms with Crippen LogP contribution in [0.4, 0.5) is 0 Å². The van der Waals surface area contributed by atoms with Crippen LogP contribution in [-0.2, 0) is 14.9 Å². The Kier molecular flexibility index (Phi) is 8.89. The second kappa shape index (κ2) is 10.1. The van der Waals surface area contributed by atoms with E-state index in [-0.39, 0.29) is 5.41 Å². The van der Waals surface area contributed by atoms with Crippen LogP contribution in [0.2, 0.25) is 0 Å². The summed E-state index contributed by atoms with van der Waals surface area (Å²) in [6.45, 7) is 10.9. The van der Waals surface area contributed by atoms with E-state index in [4.69, 9.17) is 9.47 Å². The minimum absolute atomic E-state index is 0.294. The largest absolute Gasteiger partial charge is 0.462 e. The molecule has 1 aromatic rings. The van der Waals surface area contributed by atoms with Gasteiger partial charge in [-0.25, -0.2) is 9.59 Å². The summed E-state index contributed by atoms with van der Waals surface area (Å²) in [6.07, 6.45) is 3.49. The number of benzene rings is 1. The van der Waals surface area contributed by atoms with Crippen molar-refractivity contribution >= 4 is 34.5 Å². The lowest BCUT2D eigenvalue weighted by atomic mass is 9.82. The molecule has 0 aliphatic heterocycles. The van der Waals surface area contributed by atoms with E-state index in [2.05, 4.69) is 22.6 Å². The zero-order chi connectivity index (χ0) is 19.0. The first-order chi connectivity index (χ1) is 11.7. The number of carbonyl (C=O) groups excluding carboxylic acids is 2. The van der Waals surface area contributed by atoms with Crippen LogP contribution in [-0.4, -0.2) is 25.2 Å². The first kappa shape index (κ1) is 21.9. The number of rotatable bonds is 8. The molecule has 0 bridgehead atoms. The van der Waals surface area contributed by atoms with E-state index in [1.807, 2.05) is 40.7 Å². The Balaban J connectivity index is 3.31. The highest BCUT2D eigenvalue weighted by Crippen LogP contribution is 2.33. The Bertz CT molecular complexity index is 602. The molecule has 0 atom stereocenters. The molecule has 5 heteroatoms. The van der Waals surface area contributed by atoms with Crippen LogP contribution in [0.5, 0.6) is 0 Å². The third kappa shape index (κ3) is 6.28. The molecule has 0 unspecified atom stereocenters. The van der Waals surface area contributed by atoms with Gasteiger partial charge in [-0.3, -0.25) is 0 Å². The molecule has 0 saturated carbocycles. The van der Waals surface area contributed by atoms with Crippen molar-refractivity contribution in [3.63, 3.8) is 0 Å². The van der Waals surface area contributed by atoms with Gasteiger partial charge in [0.2, 0.25) is 0 Å². The van der Waals surface area contributed by atoms with Gasteiger partial charge in [0.05, 0.1) is 24.3 Å². The molecule has 0 heterocycles. The molecule has 0 N–H and O–H groups in total. The molecule has 25 heavy (non-hydrogen) atoms. The van der Waals surface area contributed by atoms with E-state index in [9.17, 15) is 9.59 Å². The molecule has 0 radical (unpaired) electrons. The SMILES string of the molecule is CCCCOC(=O)c1ccc(I)c(C(C)(C)C)c1C(=O)OCCCC. The summed E-state index contributed by atoms with van der Waals surface area (Å²) in [5.74, 6) is -0.905. The maximum Gasteiger partial charge on any atom is 0.339 e. The zero-order valence-electron chi connectivity index (χ0n) is 15.9. The Morgan fingerprint density at radius 1 is 0.960 bits per heavy atom. The third-order valence-corrected chi connectivity index (χ3v) is 4.69. The van der Waals surface area contributed by atoms with Gasteiger partial charge in [-0.15, -0.1) is 0 Å². The monoisotopic (exact) mass is 460 g/mol. The average Bonchev–Trinajstić information content (AvgIpc) is 2.53. The van der Waals surface area contributed by atoms with E-state index in [1.165, 1.54) is 0 Å². The molecule has 0 saturated heterocycles. The van der Waals surface area contributed by atoms with Crippen LogP contribution in [0.25, 0.3) is 0 Å². The highest BCUT2D eigenvalue weighted by atomic mass is 127. The topological polar surface area (TPSA) is 52.6 Å². The summed E-state index contributed by atoms with van der Waals surface area (Å²) in [6, 6.07) is 3.53. The van der Waals surface area contributed by atoms with Gasteiger partial charge in [-0.1, -0.05) is 47.5 Å². The number of ether oxygens (including phenoxy) is 2. The molecule has 0 aliphatic carbocycles. The minimum Gasteiger partial charge on any atom is -0.462 e. The van der Waals surface area contributed by atoms with Crippen LogP contribution in [0.3, 0.4) is 0 Å². The quantitative estimate of drug-likeness (QED) is 0.292. The summed E-state index contributed by atoms with van der Waals surface area (Å²) in [7, 11) is 0. The molecule has 1 aromatic carbocycles. The lowest BCUT2D eigenvalue weighted by Gasteiger charge is -2.25. The number of carbonyl (C=O) groups is 2. The molecule has 0 aromatic heterocycles. The first-order valence-electron chi connectivity index (χ1n) is 8.91. The summed E-state index contributed by atoms with van der Waals surface area (Å²) in [4.78, 5) is 25.3. The fourth-order valence-electron chi connectivity index (χ4n) is 2.46. The molecule has 0 amide bonds. The zero-order valence-corrected chi connectivity index (χ0v) is 18.1. The van der Waals surface area contributed by atoms with Gasteiger partial charge in [0.25, 0.3) is 0 Å². The van der Waals surface area contributed by atoms with Crippen molar-refractivity contribution in [3.05, 3.63) is 32.4 Å². The van der Waals surface area contributed by atoms with Crippen molar-refractivity contribution in [1.29, 1.82) is 0 Å². The fourth-order valence-corrected chi connectivity index (χ4v) is 3.72. The summed E-state index contributed by atoms with van der Waals surface area (Å²) in [5.41, 5.74) is 1.18. The van der Waals surface area contributed by atoms with Gasteiger partial charge in [0, 0.05) is 3.57 Å². The number of unbranched alkanes of at least 4 members (excludes halogenated alkanes) is 2. The summed E-state index contributed by atoms with van der Waals surface area (Å²) in [5, 5.41) is 0. The second-order valence-electron chi connectivity index (χ2n) is 7.07. The Morgan fingerprint density at radius 3 is 1.96 bits per heavy atom. The van der Waals surface area contributed by atoms with Crippen molar-refractivity contribution in [2.45, 2.75) is 65.7 Å². The smallest absolute Gasteiger partial charge is 0.339 e. The van der Waals surface area contributed by atoms with E-state index >= 15 is 0 Å². The highest BCUT2D eigenvalue weighted by molar-refractivity contribution is 14.1. The third-order valence-electron chi connectivity index (χ3n) is 3.79. The number of hydrogen-bond donors (Lipinski definition) is 0. The number of esters is 2. The lowest BCUT2D eigenvalue weighted by Crippen LogP contribution is -2.24. The van der Waals surface area contributed by atoms with Crippen molar-refractivity contribution in [2.24, 2.45) is 0 Å². The summed E-state index contributed by atoms with van der Waals surface area (Å²) >= 11 is 2.20. The molecule has 4 nitrogen and oxygen atoms in total. The van der Waals surface area contributed by atoms with Crippen molar-refractivity contribution < 1.29 is 19.1 Å². The molecule has 0 fully saturated rings. The van der Waals surface area contributed by atoms with E-state index in [0.717, 1.165) is 34.8 Å². The maximum atomic E-state index is 12.8. The maximum absolute atomic E-state index is 12.8. The molecule has 0 aliphatic rings. The standard InChI is InChI=1S/C20H29IO4/c1-6-8-12-24-18(22)14-10-11-15(21)17(20(3,4)5)16(14)19(23)25-13-9-7-2/h10-11H,6-9,12-13H2,1-5H3. The molecular formula is C20H29IO4. The van der Waals surface area contributed by atoms with E-state index in [0.29, 0.717) is 24.3 Å². The Hall–Kier alpha value is -1.11. The van der Waals surface area contributed by atoms with Gasteiger partial charge >= 0.3 is 11.9 Å². The first-order valence-corrected chi connectivity index (χ1v) is 9.99. The van der Waals surface area contributed by atoms with E-state index < -0.39 is 11.9 Å². The predicted molar refractivity (Wildman–Crippen MR) is 108 cm³/mol. The Morgan fingerprint density at radius 2 is 1.48 bits per heavy atom. The lowest BCUT2D eigenvalue weighted by molar-refractivity contribution is 0.0450. The number of halogens is 1. The average molecular weight is 460 g/mol. The van der Waals surface area contributed by atoms with E-state index in [1.54, 1.807) is 6.07 Å². The molecular weight excluding hydrogens is 431 g/mol. The van der Waals surface area contributed by atoms with Gasteiger partial charge in [0.15, 0.2) is 0 Å². The van der Waals surface area contributed by atoms with Crippen molar-refractivity contribution in [2.75, 3.05) is 13.2 Å². The fraction of sp³-hybridized carbons (Fsp3) is 0.600. The van der Waals surface area contributed by atoms with Crippen LogP contribution in [0, 0.1) is 3.57 Å². The summed E-state index contributed by atoms with van der Waals surface area (Å²) < 4.78 is 11.7. The predicted octanol–water partition coefficient (Wildman–Crippen LogP) is 5.50. The molecule has 140 valence electrons.